The second kappa shape index (κ2) is 5.12. The molecule has 2 saturated carbocycles. The number of carbonyl (C=O) groups is 2. The van der Waals surface area contributed by atoms with E-state index in [1.807, 2.05) is 4.90 Å². The molecule has 1 amide bonds. The SMILES string of the molecule is COC(=O)[C@@H]1[C@@H]2CCC[C@H]2CN1CC(=O)NC1CC1. The smallest absolute Gasteiger partial charge is 0.323 e. The molecule has 2 aliphatic carbocycles. The molecule has 3 aliphatic rings. The lowest BCUT2D eigenvalue weighted by molar-refractivity contribution is -0.147. The Morgan fingerprint density at radius 2 is 2.05 bits per heavy atom. The number of likely N-dealkylation sites (tertiary alicyclic amines) is 1. The Morgan fingerprint density at radius 1 is 1.26 bits per heavy atom. The molecular formula is C14H22N2O3. The van der Waals surface area contributed by atoms with Crippen LogP contribution in [-0.4, -0.2) is 49.1 Å². The third-order valence-electron chi connectivity index (χ3n) is 4.72. The summed E-state index contributed by atoms with van der Waals surface area (Å²) in [7, 11) is 1.44. The van der Waals surface area contributed by atoms with Crippen molar-refractivity contribution >= 4 is 11.9 Å². The van der Waals surface area contributed by atoms with Crippen molar-refractivity contribution in [1.82, 2.24) is 10.2 Å². The van der Waals surface area contributed by atoms with Crippen molar-refractivity contribution in [3.63, 3.8) is 0 Å². The summed E-state index contributed by atoms with van der Waals surface area (Å²) in [6, 6.07) is 0.175. The first-order valence-corrected chi connectivity index (χ1v) is 7.30. The van der Waals surface area contributed by atoms with Gasteiger partial charge in [-0.1, -0.05) is 6.42 Å². The Morgan fingerprint density at radius 3 is 2.74 bits per heavy atom. The van der Waals surface area contributed by atoms with Crippen LogP contribution < -0.4 is 5.32 Å². The summed E-state index contributed by atoms with van der Waals surface area (Å²) in [6.07, 6.45) is 5.66. The average molecular weight is 266 g/mol. The van der Waals surface area contributed by atoms with E-state index in [0.717, 1.165) is 25.8 Å². The van der Waals surface area contributed by atoms with Crippen molar-refractivity contribution in [1.29, 1.82) is 0 Å². The average Bonchev–Trinajstić information content (AvgIpc) is 2.95. The second-order valence-electron chi connectivity index (χ2n) is 6.09. The number of amides is 1. The van der Waals surface area contributed by atoms with Gasteiger partial charge in [-0.3, -0.25) is 14.5 Å². The third-order valence-corrected chi connectivity index (χ3v) is 4.72. The number of nitrogens with zero attached hydrogens (tertiary/aromatic N) is 1. The van der Waals surface area contributed by atoms with Gasteiger partial charge in [-0.25, -0.2) is 0 Å². The number of hydrogen-bond acceptors (Lipinski definition) is 4. The van der Waals surface area contributed by atoms with Crippen LogP contribution in [-0.2, 0) is 14.3 Å². The molecule has 106 valence electrons. The van der Waals surface area contributed by atoms with Gasteiger partial charge in [0.2, 0.25) is 5.91 Å². The van der Waals surface area contributed by atoms with Crippen molar-refractivity contribution in [3.05, 3.63) is 0 Å². The fourth-order valence-corrected chi connectivity index (χ4v) is 3.69. The van der Waals surface area contributed by atoms with Crippen LogP contribution in [0.2, 0.25) is 0 Å². The molecule has 5 nitrogen and oxygen atoms in total. The molecule has 1 N–H and O–H groups in total. The van der Waals surface area contributed by atoms with Gasteiger partial charge in [-0.2, -0.15) is 0 Å². The van der Waals surface area contributed by atoms with E-state index in [1.54, 1.807) is 0 Å². The molecule has 0 spiro atoms. The molecule has 1 aliphatic heterocycles. The minimum Gasteiger partial charge on any atom is -0.468 e. The molecule has 0 radical (unpaired) electrons. The second-order valence-corrected chi connectivity index (χ2v) is 6.09. The van der Waals surface area contributed by atoms with Gasteiger partial charge in [0, 0.05) is 12.6 Å². The van der Waals surface area contributed by atoms with Crippen LogP contribution in [0.15, 0.2) is 0 Å². The lowest BCUT2D eigenvalue weighted by Gasteiger charge is -2.24. The first kappa shape index (κ1) is 12.9. The van der Waals surface area contributed by atoms with E-state index in [2.05, 4.69) is 5.32 Å². The van der Waals surface area contributed by atoms with E-state index in [1.165, 1.54) is 20.0 Å². The Kier molecular flexibility index (Phi) is 3.48. The summed E-state index contributed by atoms with van der Waals surface area (Å²) in [5, 5.41) is 2.99. The summed E-state index contributed by atoms with van der Waals surface area (Å²) >= 11 is 0. The van der Waals surface area contributed by atoms with Crippen LogP contribution in [0.25, 0.3) is 0 Å². The van der Waals surface area contributed by atoms with Crippen molar-refractivity contribution in [2.75, 3.05) is 20.2 Å². The van der Waals surface area contributed by atoms with E-state index < -0.39 is 0 Å². The van der Waals surface area contributed by atoms with Crippen LogP contribution in [0, 0.1) is 11.8 Å². The molecule has 3 rings (SSSR count). The normalized spacial score (nSPS) is 34.1. The first-order valence-electron chi connectivity index (χ1n) is 7.30. The molecule has 3 atom stereocenters. The third kappa shape index (κ3) is 2.61. The first-order chi connectivity index (χ1) is 9.19. The molecule has 1 heterocycles. The minimum atomic E-state index is -0.206. The number of ether oxygens (including phenoxy) is 1. The van der Waals surface area contributed by atoms with Crippen molar-refractivity contribution in [2.24, 2.45) is 11.8 Å². The molecule has 0 aromatic rings. The fourth-order valence-electron chi connectivity index (χ4n) is 3.69. The quantitative estimate of drug-likeness (QED) is 0.755. The molecule has 19 heavy (non-hydrogen) atoms. The van der Waals surface area contributed by atoms with Crippen LogP contribution in [0.5, 0.6) is 0 Å². The van der Waals surface area contributed by atoms with Gasteiger partial charge in [0.1, 0.15) is 6.04 Å². The van der Waals surface area contributed by atoms with Crippen LogP contribution in [0.1, 0.15) is 32.1 Å². The standard InChI is InChI=1S/C14H22N2O3/c1-19-14(18)13-11-4-2-3-9(11)7-16(13)8-12(17)15-10-5-6-10/h9-11,13H,2-8H2,1H3,(H,15,17)/t9-,11+,13-/m0/s1. The van der Waals surface area contributed by atoms with E-state index in [-0.39, 0.29) is 17.9 Å². The minimum absolute atomic E-state index is 0.0522. The molecule has 1 saturated heterocycles. The lowest BCUT2D eigenvalue weighted by Crippen LogP contribution is -2.45. The highest BCUT2D eigenvalue weighted by Crippen LogP contribution is 2.42. The molecule has 0 unspecified atom stereocenters. The van der Waals surface area contributed by atoms with Gasteiger partial charge in [0.25, 0.3) is 0 Å². The van der Waals surface area contributed by atoms with E-state index in [0.29, 0.717) is 24.4 Å². The molecule has 5 heteroatoms. The predicted octanol–water partition coefficient (Wildman–Crippen LogP) is 0.539. The van der Waals surface area contributed by atoms with Crippen LogP contribution >= 0.6 is 0 Å². The van der Waals surface area contributed by atoms with Gasteiger partial charge in [-0.15, -0.1) is 0 Å². The van der Waals surface area contributed by atoms with Gasteiger partial charge < -0.3 is 10.1 Å². The molecular weight excluding hydrogens is 244 g/mol. The van der Waals surface area contributed by atoms with E-state index in [9.17, 15) is 9.59 Å². The highest BCUT2D eigenvalue weighted by Gasteiger charge is 2.48. The highest BCUT2D eigenvalue weighted by atomic mass is 16.5. The summed E-state index contributed by atoms with van der Waals surface area (Å²) in [5.41, 5.74) is 0. The summed E-state index contributed by atoms with van der Waals surface area (Å²) in [6.45, 7) is 1.20. The Bertz CT molecular complexity index is 381. The Hall–Kier alpha value is -1.10. The van der Waals surface area contributed by atoms with Crippen molar-refractivity contribution in [3.8, 4) is 0 Å². The van der Waals surface area contributed by atoms with Gasteiger partial charge in [0.05, 0.1) is 13.7 Å². The molecule has 3 fully saturated rings. The maximum absolute atomic E-state index is 12.0. The molecule has 0 aromatic carbocycles. The summed E-state index contributed by atoms with van der Waals surface area (Å²) < 4.78 is 4.94. The zero-order valence-electron chi connectivity index (χ0n) is 11.4. The lowest BCUT2D eigenvalue weighted by atomic mass is 9.94. The number of esters is 1. The largest absolute Gasteiger partial charge is 0.468 e. The number of rotatable bonds is 4. The summed E-state index contributed by atoms with van der Waals surface area (Å²) in [4.78, 5) is 25.9. The zero-order chi connectivity index (χ0) is 13.4. The fraction of sp³-hybridized carbons (Fsp3) is 0.857. The number of methoxy groups -OCH3 is 1. The Balaban J connectivity index is 1.64. The topological polar surface area (TPSA) is 58.6 Å². The predicted molar refractivity (Wildman–Crippen MR) is 69.4 cm³/mol. The van der Waals surface area contributed by atoms with E-state index >= 15 is 0 Å². The number of carbonyl (C=O) groups excluding carboxylic acids is 2. The maximum Gasteiger partial charge on any atom is 0.323 e. The van der Waals surface area contributed by atoms with Crippen LogP contribution in [0.3, 0.4) is 0 Å². The van der Waals surface area contributed by atoms with Gasteiger partial charge in [-0.05, 0) is 37.5 Å². The Labute approximate surface area is 113 Å². The van der Waals surface area contributed by atoms with Gasteiger partial charge in [0.15, 0.2) is 0 Å². The number of fused-ring (bicyclic) bond motifs is 1. The highest BCUT2D eigenvalue weighted by molar-refractivity contribution is 5.81. The number of hydrogen-bond donors (Lipinski definition) is 1. The van der Waals surface area contributed by atoms with Gasteiger partial charge >= 0.3 is 5.97 Å². The maximum atomic E-state index is 12.0. The van der Waals surface area contributed by atoms with Crippen molar-refractivity contribution in [2.45, 2.75) is 44.2 Å². The van der Waals surface area contributed by atoms with E-state index in [4.69, 9.17) is 4.74 Å². The molecule has 0 bridgehead atoms. The molecule has 0 aromatic heterocycles. The monoisotopic (exact) mass is 266 g/mol. The summed E-state index contributed by atoms with van der Waals surface area (Å²) in [5.74, 6) is 0.837. The number of nitrogens with one attached hydrogen (secondary N) is 1. The zero-order valence-corrected chi connectivity index (χ0v) is 11.4. The van der Waals surface area contributed by atoms with Crippen LogP contribution in [0.4, 0.5) is 0 Å². The van der Waals surface area contributed by atoms with Crippen molar-refractivity contribution < 1.29 is 14.3 Å².